The van der Waals surface area contributed by atoms with Crippen LogP contribution < -0.4 is 14.8 Å². The van der Waals surface area contributed by atoms with Gasteiger partial charge in [-0.3, -0.25) is 0 Å². The lowest BCUT2D eigenvalue weighted by atomic mass is 9.95. The van der Waals surface area contributed by atoms with Gasteiger partial charge in [-0.05, 0) is 37.5 Å². The summed E-state index contributed by atoms with van der Waals surface area (Å²) in [6.07, 6.45) is 8.26. The number of benzene rings is 1. The first-order valence-electron chi connectivity index (χ1n) is 12.7. The molecule has 0 radical (unpaired) electrons. The van der Waals surface area contributed by atoms with Crippen LogP contribution in [0.4, 0.5) is 5.95 Å². The molecule has 0 saturated heterocycles. The molecule has 9 heteroatoms. The minimum absolute atomic E-state index is 0.124. The molecule has 0 fully saturated rings. The molecule has 1 unspecified atom stereocenters. The van der Waals surface area contributed by atoms with Crippen molar-refractivity contribution in [3.05, 3.63) is 47.7 Å². The Bertz CT molecular complexity index is 1070. The van der Waals surface area contributed by atoms with E-state index in [1.165, 1.54) is 12.8 Å². The molecule has 3 rings (SSSR count). The Labute approximate surface area is 218 Å². The van der Waals surface area contributed by atoms with E-state index in [9.17, 15) is 4.79 Å². The van der Waals surface area contributed by atoms with Gasteiger partial charge in [0.15, 0.2) is 11.5 Å². The maximum Gasteiger partial charge on any atom is 0.338 e. The number of nitrogens with zero attached hydrogens (tertiary/aromatic N) is 3. The number of esters is 1. The Kier molecular flexibility index (Phi) is 10.7. The van der Waals surface area contributed by atoms with Crippen LogP contribution in [0.2, 0.25) is 0 Å². The third kappa shape index (κ3) is 6.84. The second-order valence-corrected chi connectivity index (χ2v) is 9.70. The van der Waals surface area contributed by atoms with Crippen molar-refractivity contribution in [2.45, 2.75) is 70.5 Å². The van der Waals surface area contributed by atoms with Crippen LogP contribution in [0.5, 0.6) is 11.5 Å². The average Bonchev–Trinajstić information content (AvgIpc) is 3.28. The first-order chi connectivity index (χ1) is 17.5. The molecule has 0 amide bonds. The predicted molar refractivity (Wildman–Crippen MR) is 144 cm³/mol. The fourth-order valence-electron chi connectivity index (χ4n) is 3.97. The highest BCUT2D eigenvalue weighted by Gasteiger charge is 2.35. The van der Waals surface area contributed by atoms with E-state index in [1.54, 1.807) is 29.6 Å². The Hall–Kier alpha value is -2.94. The van der Waals surface area contributed by atoms with Crippen molar-refractivity contribution in [3.8, 4) is 11.5 Å². The summed E-state index contributed by atoms with van der Waals surface area (Å²) in [6, 6.07) is 5.22. The lowest BCUT2D eigenvalue weighted by Crippen LogP contribution is -2.29. The number of thioether (sulfide) groups is 1. The van der Waals surface area contributed by atoms with Gasteiger partial charge in [0.05, 0.1) is 19.3 Å². The molecule has 196 valence electrons. The number of unbranched alkanes of at least 4 members (excludes halogenated alkanes) is 4. The number of aromatic nitrogens is 3. The van der Waals surface area contributed by atoms with Gasteiger partial charge in [0.2, 0.25) is 11.1 Å². The van der Waals surface area contributed by atoms with Crippen LogP contribution >= 0.6 is 11.8 Å². The summed E-state index contributed by atoms with van der Waals surface area (Å²) in [4.78, 5) is 17.8. The standard InChI is InChI=1S/C27H38N4O4S/c1-6-9-11-12-16-34-21-14-13-20(18-22(21)33-5)24-23(25(32)35-15-8-3)19(4)28-26-29-27(30-31(24)26)36-17-10-7-2/h8,13-14,18,24H,3,6-7,9-12,15-17H2,1-2,4-5H3,(H,28,29,30). The zero-order valence-corrected chi connectivity index (χ0v) is 22.7. The van der Waals surface area contributed by atoms with E-state index in [4.69, 9.17) is 19.3 Å². The molecule has 36 heavy (non-hydrogen) atoms. The normalized spacial score (nSPS) is 14.7. The molecule has 0 bridgehead atoms. The van der Waals surface area contributed by atoms with Crippen molar-refractivity contribution in [2.24, 2.45) is 0 Å². The minimum atomic E-state index is -0.529. The molecule has 2 aromatic rings. The highest BCUT2D eigenvalue weighted by Crippen LogP contribution is 2.40. The maximum atomic E-state index is 13.1. The Morgan fingerprint density at radius 1 is 1.19 bits per heavy atom. The number of ether oxygens (including phenoxy) is 3. The summed E-state index contributed by atoms with van der Waals surface area (Å²) >= 11 is 1.61. The van der Waals surface area contributed by atoms with Gasteiger partial charge in [-0.25, -0.2) is 9.48 Å². The van der Waals surface area contributed by atoms with Crippen molar-refractivity contribution in [1.29, 1.82) is 0 Å². The molecule has 1 aromatic carbocycles. The van der Waals surface area contributed by atoms with Crippen LogP contribution in [0.25, 0.3) is 0 Å². The van der Waals surface area contributed by atoms with Crippen molar-refractivity contribution in [3.63, 3.8) is 0 Å². The van der Waals surface area contributed by atoms with Crippen LogP contribution in [-0.4, -0.2) is 46.8 Å². The number of rotatable bonds is 15. The van der Waals surface area contributed by atoms with E-state index in [1.807, 2.05) is 25.1 Å². The monoisotopic (exact) mass is 514 g/mol. The molecular formula is C27H38N4O4S. The van der Waals surface area contributed by atoms with E-state index in [0.29, 0.717) is 40.5 Å². The Morgan fingerprint density at radius 2 is 2.00 bits per heavy atom. The van der Waals surface area contributed by atoms with Crippen molar-refractivity contribution in [1.82, 2.24) is 14.8 Å². The molecule has 1 aromatic heterocycles. The Balaban J connectivity index is 1.95. The summed E-state index contributed by atoms with van der Waals surface area (Å²) in [7, 11) is 1.62. The van der Waals surface area contributed by atoms with Gasteiger partial charge in [-0.2, -0.15) is 4.98 Å². The van der Waals surface area contributed by atoms with E-state index in [-0.39, 0.29) is 6.61 Å². The van der Waals surface area contributed by atoms with E-state index in [2.05, 4.69) is 30.7 Å². The first-order valence-corrected chi connectivity index (χ1v) is 13.7. The molecule has 1 N–H and O–H groups in total. The smallest absolute Gasteiger partial charge is 0.338 e. The summed E-state index contributed by atoms with van der Waals surface area (Å²) in [5.74, 6) is 2.38. The second-order valence-electron chi connectivity index (χ2n) is 8.64. The number of carbonyl (C=O) groups is 1. The van der Waals surface area contributed by atoms with Gasteiger partial charge in [-0.1, -0.05) is 70.0 Å². The second kappa shape index (κ2) is 14.0. The number of hydrogen-bond donors (Lipinski definition) is 1. The molecule has 8 nitrogen and oxygen atoms in total. The van der Waals surface area contributed by atoms with Gasteiger partial charge < -0.3 is 19.5 Å². The first kappa shape index (κ1) is 27.6. The number of nitrogens with one attached hydrogen (secondary N) is 1. The van der Waals surface area contributed by atoms with Crippen molar-refractivity contribution >= 4 is 23.7 Å². The van der Waals surface area contributed by atoms with Crippen LogP contribution in [0.3, 0.4) is 0 Å². The molecule has 1 aliphatic heterocycles. The van der Waals surface area contributed by atoms with Crippen molar-refractivity contribution < 1.29 is 19.0 Å². The number of methoxy groups -OCH3 is 1. The molecule has 2 heterocycles. The maximum absolute atomic E-state index is 13.1. The van der Waals surface area contributed by atoms with Gasteiger partial charge in [-0.15, -0.1) is 5.10 Å². The molecular weight excluding hydrogens is 476 g/mol. The largest absolute Gasteiger partial charge is 0.493 e. The van der Waals surface area contributed by atoms with Crippen molar-refractivity contribution in [2.75, 3.05) is 31.4 Å². The number of fused-ring (bicyclic) bond motifs is 1. The predicted octanol–water partition coefficient (Wildman–Crippen LogP) is 6.16. The van der Waals surface area contributed by atoms with Gasteiger partial charge in [0.1, 0.15) is 12.6 Å². The SMILES string of the molecule is C=CCOC(=O)C1=C(C)Nc2nc(SCCCC)nn2C1c1ccc(OCCCCCC)c(OC)c1. The summed E-state index contributed by atoms with van der Waals surface area (Å²) < 4.78 is 18.9. The quantitative estimate of drug-likeness (QED) is 0.131. The zero-order chi connectivity index (χ0) is 25.9. The number of allylic oxidation sites excluding steroid dienone is 1. The highest BCUT2D eigenvalue weighted by molar-refractivity contribution is 7.99. The zero-order valence-electron chi connectivity index (χ0n) is 21.8. The fraction of sp³-hybridized carbons (Fsp3) is 0.519. The third-order valence-electron chi connectivity index (χ3n) is 5.87. The average molecular weight is 515 g/mol. The summed E-state index contributed by atoms with van der Waals surface area (Å²) in [5, 5.41) is 8.66. The lowest BCUT2D eigenvalue weighted by Gasteiger charge is -2.28. The van der Waals surface area contributed by atoms with Gasteiger partial charge in [0, 0.05) is 11.4 Å². The van der Waals surface area contributed by atoms with Crippen LogP contribution in [-0.2, 0) is 9.53 Å². The van der Waals surface area contributed by atoms with Crippen LogP contribution in [0.1, 0.15) is 70.9 Å². The molecule has 0 aliphatic carbocycles. The molecule has 1 aliphatic rings. The number of hydrogen-bond acceptors (Lipinski definition) is 8. The van der Waals surface area contributed by atoms with Crippen LogP contribution in [0.15, 0.2) is 47.3 Å². The summed E-state index contributed by atoms with van der Waals surface area (Å²) in [6.45, 7) is 10.6. The molecule has 1 atom stereocenters. The van der Waals surface area contributed by atoms with E-state index in [0.717, 1.165) is 37.0 Å². The number of carbonyl (C=O) groups excluding carboxylic acids is 1. The number of anilines is 1. The topological polar surface area (TPSA) is 87.5 Å². The highest BCUT2D eigenvalue weighted by atomic mass is 32.2. The Morgan fingerprint density at radius 3 is 2.72 bits per heavy atom. The summed E-state index contributed by atoms with van der Waals surface area (Å²) in [5.41, 5.74) is 1.97. The van der Waals surface area contributed by atoms with Gasteiger partial charge >= 0.3 is 5.97 Å². The van der Waals surface area contributed by atoms with Gasteiger partial charge in [0.25, 0.3) is 0 Å². The molecule has 0 saturated carbocycles. The molecule has 0 spiro atoms. The van der Waals surface area contributed by atoms with E-state index >= 15 is 0 Å². The van der Waals surface area contributed by atoms with E-state index < -0.39 is 12.0 Å². The fourth-order valence-corrected chi connectivity index (χ4v) is 4.88. The lowest BCUT2D eigenvalue weighted by molar-refractivity contribution is -0.138. The minimum Gasteiger partial charge on any atom is -0.493 e. The van der Waals surface area contributed by atoms with Crippen LogP contribution in [0, 0.1) is 0 Å². The third-order valence-corrected chi connectivity index (χ3v) is 6.80.